The van der Waals surface area contributed by atoms with Gasteiger partial charge in [-0.25, -0.2) is 0 Å². The summed E-state index contributed by atoms with van der Waals surface area (Å²) in [6.07, 6.45) is 6.29. The Kier molecular flexibility index (Phi) is 5.99. The maximum Gasteiger partial charge on any atom is 0.292 e. The molecule has 7 nitrogen and oxygen atoms in total. The van der Waals surface area contributed by atoms with Crippen molar-refractivity contribution in [2.24, 2.45) is 5.92 Å². The first kappa shape index (κ1) is 19.4. The van der Waals surface area contributed by atoms with Crippen molar-refractivity contribution in [2.75, 3.05) is 45.8 Å². The zero-order valence-electron chi connectivity index (χ0n) is 16.9. The van der Waals surface area contributed by atoms with Crippen LogP contribution in [-0.4, -0.2) is 77.5 Å². The highest BCUT2D eigenvalue weighted by Crippen LogP contribution is 2.31. The predicted octanol–water partition coefficient (Wildman–Crippen LogP) is 2.35. The third-order valence-electron chi connectivity index (χ3n) is 6.78. The number of aromatic nitrogens is 1. The van der Waals surface area contributed by atoms with Crippen molar-refractivity contribution in [1.29, 1.82) is 0 Å². The molecule has 2 aliphatic heterocycles. The van der Waals surface area contributed by atoms with Crippen molar-refractivity contribution in [1.82, 2.24) is 19.9 Å². The Labute approximate surface area is 167 Å². The lowest BCUT2D eigenvalue weighted by Crippen LogP contribution is -2.48. The van der Waals surface area contributed by atoms with Gasteiger partial charge in [-0.3, -0.25) is 9.59 Å². The molecule has 0 bridgehead atoms. The summed E-state index contributed by atoms with van der Waals surface area (Å²) >= 11 is 0. The lowest BCUT2D eigenvalue weighted by atomic mass is 9.92. The molecular formula is C21H32N4O3. The second kappa shape index (κ2) is 8.64. The Balaban J connectivity index is 1.30. The number of piperidine rings is 1. The van der Waals surface area contributed by atoms with Gasteiger partial charge in [0.15, 0.2) is 0 Å². The highest BCUT2D eigenvalue weighted by Gasteiger charge is 2.32. The quantitative estimate of drug-likeness (QED) is 0.792. The smallest absolute Gasteiger partial charge is 0.292 e. The molecule has 1 saturated carbocycles. The Morgan fingerprint density at radius 1 is 1.00 bits per heavy atom. The summed E-state index contributed by atoms with van der Waals surface area (Å²) in [6.45, 7) is 8.05. The summed E-state index contributed by atoms with van der Waals surface area (Å²) in [4.78, 5) is 31.5. The molecule has 4 rings (SSSR count). The van der Waals surface area contributed by atoms with Crippen molar-refractivity contribution in [3.63, 3.8) is 0 Å². The molecule has 1 aromatic heterocycles. The molecule has 0 unspecified atom stereocenters. The largest absolute Gasteiger partial charge is 0.351 e. The predicted molar refractivity (Wildman–Crippen MR) is 105 cm³/mol. The molecule has 0 aromatic carbocycles. The SMILES string of the molecule is CCN1CCN(C(=O)c2cc(C3CCN(C(=O)C4CCCC4)CC3)no2)CC1. The van der Waals surface area contributed by atoms with Crippen LogP contribution in [0.5, 0.6) is 0 Å². The fourth-order valence-electron chi connectivity index (χ4n) is 4.83. The van der Waals surface area contributed by atoms with Crippen LogP contribution in [0.3, 0.4) is 0 Å². The van der Waals surface area contributed by atoms with Gasteiger partial charge in [0, 0.05) is 57.2 Å². The van der Waals surface area contributed by atoms with Gasteiger partial charge in [0.1, 0.15) is 0 Å². The number of likely N-dealkylation sites (N-methyl/N-ethyl adjacent to an activating group) is 1. The average molecular weight is 389 g/mol. The van der Waals surface area contributed by atoms with Gasteiger partial charge >= 0.3 is 0 Å². The Bertz CT molecular complexity index is 682. The molecule has 28 heavy (non-hydrogen) atoms. The highest BCUT2D eigenvalue weighted by atomic mass is 16.5. The van der Waals surface area contributed by atoms with E-state index < -0.39 is 0 Å². The molecule has 7 heteroatoms. The van der Waals surface area contributed by atoms with Crippen molar-refractivity contribution in [3.05, 3.63) is 17.5 Å². The fourth-order valence-corrected chi connectivity index (χ4v) is 4.83. The van der Waals surface area contributed by atoms with E-state index in [1.54, 1.807) is 0 Å². The van der Waals surface area contributed by atoms with Crippen molar-refractivity contribution < 1.29 is 14.1 Å². The number of amides is 2. The second-order valence-electron chi connectivity index (χ2n) is 8.42. The first-order chi connectivity index (χ1) is 13.7. The minimum Gasteiger partial charge on any atom is -0.351 e. The van der Waals surface area contributed by atoms with Crippen LogP contribution in [0.2, 0.25) is 0 Å². The molecule has 1 aliphatic carbocycles. The summed E-state index contributed by atoms with van der Waals surface area (Å²) in [5, 5.41) is 4.20. The van der Waals surface area contributed by atoms with E-state index in [4.69, 9.17) is 4.52 Å². The number of carbonyl (C=O) groups is 2. The van der Waals surface area contributed by atoms with Crippen LogP contribution < -0.4 is 0 Å². The van der Waals surface area contributed by atoms with Gasteiger partial charge in [-0.15, -0.1) is 0 Å². The molecule has 3 heterocycles. The van der Waals surface area contributed by atoms with Gasteiger partial charge < -0.3 is 19.2 Å². The second-order valence-corrected chi connectivity index (χ2v) is 8.42. The molecular weight excluding hydrogens is 356 g/mol. The Morgan fingerprint density at radius 2 is 1.68 bits per heavy atom. The van der Waals surface area contributed by atoms with Gasteiger partial charge in [-0.1, -0.05) is 24.9 Å². The molecule has 2 saturated heterocycles. The summed E-state index contributed by atoms with van der Waals surface area (Å²) in [7, 11) is 0. The van der Waals surface area contributed by atoms with Gasteiger partial charge in [0.25, 0.3) is 5.91 Å². The number of rotatable bonds is 4. The van der Waals surface area contributed by atoms with E-state index in [1.165, 1.54) is 12.8 Å². The first-order valence-corrected chi connectivity index (χ1v) is 10.9. The molecule has 3 aliphatic rings. The first-order valence-electron chi connectivity index (χ1n) is 10.9. The standard InChI is InChI=1S/C21H32N4O3/c1-2-23-11-13-25(14-12-23)21(27)19-15-18(22-28-19)16-7-9-24(10-8-16)20(26)17-5-3-4-6-17/h15-17H,2-14H2,1H3. The van der Waals surface area contributed by atoms with Crippen LogP contribution in [-0.2, 0) is 4.79 Å². The fraction of sp³-hybridized carbons (Fsp3) is 0.762. The molecule has 1 aromatic rings. The van der Waals surface area contributed by atoms with Crippen LogP contribution in [0.25, 0.3) is 0 Å². The van der Waals surface area contributed by atoms with Gasteiger partial charge in [-0.05, 0) is 32.2 Å². The van der Waals surface area contributed by atoms with Crippen molar-refractivity contribution >= 4 is 11.8 Å². The summed E-state index contributed by atoms with van der Waals surface area (Å²) in [5.74, 6) is 1.17. The van der Waals surface area contributed by atoms with Crippen LogP contribution >= 0.6 is 0 Å². The maximum absolute atomic E-state index is 12.7. The van der Waals surface area contributed by atoms with Gasteiger partial charge in [0.2, 0.25) is 11.7 Å². The highest BCUT2D eigenvalue weighted by molar-refractivity contribution is 5.91. The van der Waals surface area contributed by atoms with Gasteiger partial charge in [0.05, 0.1) is 5.69 Å². The lowest BCUT2D eigenvalue weighted by Gasteiger charge is -2.33. The van der Waals surface area contributed by atoms with Crippen LogP contribution in [0.1, 0.15) is 67.6 Å². The van der Waals surface area contributed by atoms with Crippen molar-refractivity contribution in [2.45, 2.75) is 51.4 Å². The average Bonchev–Trinajstić information content (AvgIpc) is 3.45. The van der Waals surface area contributed by atoms with Gasteiger partial charge in [-0.2, -0.15) is 0 Å². The summed E-state index contributed by atoms with van der Waals surface area (Å²) in [6, 6.07) is 1.83. The van der Waals surface area contributed by atoms with E-state index in [9.17, 15) is 9.59 Å². The zero-order valence-corrected chi connectivity index (χ0v) is 16.9. The van der Waals surface area contributed by atoms with E-state index in [-0.39, 0.29) is 17.7 Å². The molecule has 0 N–H and O–H groups in total. The molecule has 154 valence electrons. The molecule has 0 radical (unpaired) electrons. The van der Waals surface area contributed by atoms with E-state index in [0.717, 1.165) is 77.2 Å². The molecule has 0 atom stereocenters. The van der Waals surface area contributed by atoms with E-state index in [2.05, 4.69) is 17.0 Å². The van der Waals surface area contributed by atoms with Crippen LogP contribution in [0, 0.1) is 5.92 Å². The molecule has 3 fully saturated rings. The third kappa shape index (κ3) is 4.09. The minimum atomic E-state index is -0.0525. The number of nitrogens with zero attached hydrogens (tertiary/aromatic N) is 4. The van der Waals surface area contributed by atoms with E-state index in [1.807, 2.05) is 15.9 Å². The summed E-state index contributed by atoms with van der Waals surface area (Å²) < 4.78 is 5.41. The number of carbonyl (C=O) groups excluding carboxylic acids is 2. The molecule has 2 amide bonds. The third-order valence-corrected chi connectivity index (χ3v) is 6.78. The normalized spacial score (nSPS) is 22.8. The number of likely N-dealkylation sites (tertiary alicyclic amines) is 1. The minimum absolute atomic E-state index is 0.0525. The Morgan fingerprint density at radius 3 is 2.32 bits per heavy atom. The van der Waals surface area contributed by atoms with E-state index in [0.29, 0.717) is 11.7 Å². The number of piperazine rings is 1. The molecule has 0 spiro atoms. The zero-order chi connectivity index (χ0) is 19.5. The number of hydrogen-bond donors (Lipinski definition) is 0. The van der Waals surface area contributed by atoms with Crippen LogP contribution in [0.4, 0.5) is 0 Å². The Hall–Kier alpha value is -1.89. The summed E-state index contributed by atoms with van der Waals surface area (Å²) in [5.41, 5.74) is 0.864. The lowest BCUT2D eigenvalue weighted by molar-refractivity contribution is -0.136. The van der Waals surface area contributed by atoms with E-state index >= 15 is 0 Å². The number of hydrogen-bond acceptors (Lipinski definition) is 5. The maximum atomic E-state index is 12.7. The van der Waals surface area contributed by atoms with Crippen molar-refractivity contribution in [3.8, 4) is 0 Å². The van der Waals surface area contributed by atoms with Crippen LogP contribution in [0.15, 0.2) is 10.6 Å². The monoisotopic (exact) mass is 388 g/mol. The topological polar surface area (TPSA) is 69.9 Å².